The zero-order valence-electron chi connectivity index (χ0n) is 17.6. The first-order valence-electron chi connectivity index (χ1n) is 10.5. The zero-order valence-corrected chi connectivity index (χ0v) is 17.6. The molecule has 0 radical (unpaired) electrons. The summed E-state index contributed by atoms with van der Waals surface area (Å²) in [5.41, 5.74) is 1.38. The Bertz CT molecular complexity index is 889. The zero-order chi connectivity index (χ0) is 21.1. The van der Waals surface area contributed by atoms with Crippen LogP contribution in [-0.4, -0.2) is 64.1 Å². The van der Waals surface area contributed by atoms with Crippen molar-refractivity contribution >= 4 is 5.91 Å². The number of aromatic hydroxyl groups is 1. The number of benzene rings is 1. The molecule has 2 aliphatic heterocycles. The predicted molar refractivity (Wildman–Crippen MR) is 112 cm³/mol. The lowest BCUT2D eigenvalue weighted by Gasteiger charge is -2.39. The van der Waals surface area contributed by atoms with E-state index in [9.17, 15) is 9.90 Å². The third kappa shape index (κ3) is 4.44. The molecule has 0 saturated carbocycles. The number of aryl methyl sites for hydroxylation is 1. The molecular formula is C22H30N4O4. The third-order valence-electron chi connectivity index (χ3n) is 6.34. The number of amides is 1. The second-order valence-electron chi connectivity index (χ2n) is 8.28. The van der Waals surface area contributed by atoms with Crippen LogP contribution in [0.3, 0.4) is 0 Å². The Hall–Kier alpha value is -2.58. The fourth-order valence-electron chi connectivity index (χ4n) is 4.46. The molecule has 3 heterocycles. The molecule has 0 aliphatic carbocycles. The molecule has 2 N–H and O–H groups in total. The van der Waals surface area contributed by atoms with Crippen LogP contribution in [0.15, 0.2) is 30.5 Å². The molecule has 1 amide bonds. The number of methoxy groups -OCH3 is 1. The van der Waals surface area contributed by atoms with Gasteiger partial charge >= 0.3 is 0 Å². The first-order chi connectivity index (χ1) is 14.5. The first kappa shape index (κ1) is 20.7. The normalized spacial score (nSPS) is 21.1. The number of piperidine rings is 1. The van der Waals surface area contributed by atoms with Crippen LogP contribution < -0.4 is 10.1 Å². The summed E-state index contributed by atoms with van der Waals surface area (Å²) in [5.74, 6) is 0.819. The molecule has 1 atom stereocenters. The monoisotopic (exact) mass is 414 g/mol. The van der Waals surface area contributed by atoms with Crippen molar-refractivity contribution in [2.75, 3.05) is 26.7 Å². The number of nitrogens with one attached hydrogen (secondary N) is 1. The van der Waals surface area contributed by atoms with Gasteiger partial charge in [-0.2, -0.15) is 5.10 Å². The van der Waals surface area contributed by atoms with Gasteiger partial charge < -0.3 is 19.9 Å². The summed E-state index contributed by atoms with van der Waals surface area (Å²) in [5, 5.41) is 17.2. The number of likely N-dealkylation sites (tertiary alicyclic amines) is 1. The number of carbonyl (C=O) groups is 1. The highest BCUT2D eigenvalue weighted by molar-refractivity contribution is 5.92. The Morgan fingerprint density at radius 2 is 2.13 bits per heavy atom. The van der Waals surface area contributed by atoms with E-state index in [4.69, 9.17) is 9.47 Å². The van der Waals surface area contributed by atoms with Crippen molar-refractivity contribution in [3.05, 3.63) is 41.7 Å². The molecule has 1 spiro atoms. The van der Waals surface area contributed by atoms with Gasteiger partial charge in [-0.3, -0.25) is 14.4 Å². The van der Waals surface area contributed by atoms with Crippen molar-refractivity contribution in [2.45, 2.75) is 43.9 Å². The fourth-order valence-corrected chi connectivity index (χ4v) is 4.46. The van der Waals surface area contributed by atoms with Crippen molar-refractivity contribution in [3.63, 3.8) is 0 Å². The average Bonchev–Trinajstić information content (AvgIpc) is 3.36. The van der Waals surface area contributed by atoms with Gasteiger partial charge in [0.25, 0.3) is 5.91 Å². The van der Waals surface area contributed by atoms with E-state index in [1.807, 2.05) is 12.1 Å². The number of aromatic nitrogens is 2. The molecule has 8 heteroatoms. The molecule has 2 aliphatic rings. The van der Waals surface area contributed by atoms with E-state index in [0.717, 1.165) is 50.9 Å². The van der Waals surface area contributed by atoms with Gasteiger partial charge in [0.05, 0.1) is 18.8 Å². The van der Waals surface area contributed by atoms with E-state index in [0.29, 0.717) is 18.0 Å². The lowest BCUT2D eigenvalue weighted by Crippen LogP contribution is -2.44. The molecule has 2 aromatic rings. The third-order valence-corrected chi connectivity index (χ3v) is 6.34. The molecule has 162 valence electrons. The van der Waals surface area contributed by atoms with Gasteiger partial charge in [-0.15, -0.1) is 0 Å². The maximum Gasteiger partial charge on any atom is 0.269 e. The molecule has 30 heavy (non-hydrogen) atoms. The number of rotatable bonds is 6. The molecule has 1 unspecified atom stereocenters. The maximum atomic E-state index is 12.3. The van der Waals surface area contributed by atoms with Crippen molar-refractivity contribution in [2.24, 2.45) is 7.05 Å². The van der Waals surface area contributed by atoms with Crippen LogP contribution in [-0.2, 0) is 18.3 Å². The summed E-state index contributed by atoms with van der Waals surface area (Å²) < 4.78 is 13.1. The van der Waals surface area contributed by atoms with Gasteiger partial charge in [0.1, 0.15) is 17.2 Å². The Kier molecular flexibility index (Phi) is 5.97. The lowest BCUT2D eigenvalue weighted by molar-refractivity contribution is -0.0765. The maximum absolute atomic E-state index is 12.3. The van der Waals surface area contributed by atoms with Crippen LogP contribution in [0.25, 0.3) is 0 Å². The molecule has 8 nitrogen and oxygen atoms in total. The molecule has 4 rings (SSSR count). The highest BCUT2D eigenvalue weighted by Crippen LogP contribution is 2.39. The van der Waals surface area contributed by atoms with Gasteiger partial charge in [-0.05, 0) is 37.8 Å². The fraction of sp³-hybridized carbons (Fsp3) is 0.545. The number of hydrogen-bond acceptors (Lipinski definition) is 6. The van der Waals surface area contributed by atoms with E-state index in [1.165, 1.54) is 0 Å². The Morgan fingerprint density at radius 1 is 1.33 bits per heavy atom. The van der Waals surface area contributed by atoms with Crippen molar-refractivity contribution < 1.29 is 19.4 Å². The minimum Gasteiger partial charge on any atom is -0.507 e. The summed E-state index contributed by atoms with van der Waals surface area (Å²) in [7, 11) is 3.35. The summed E-state index contributed by atoms with van der Waals surface area (Å²) in [4.78, 5) is 14.6. The van der Waals surface area contributed by atoms with Gasteiger partial charge in [-0.1, -0.05) is 6.07 Å². The van der Waals surface area contributed by atoms with Gasteiger partial charge in [0, 0.05) is 51.1 Å². The molecule has 1 aromatic heterocycles. The van der Waals surface area contributed by atoms with E-state index in [2.05, 4.69) is 15.3 Å². The Morgan fingerprint density at radius 3 is 2.80 bits per heavy atom. The van der Waals surface area contributed by atoms with Crippen molar-refractivity contribution in [3.8, 4) is 11.5 Å². The summed E-state index contributed by atoms with van der Waals surface area (Å²) in [6.07, 6.45) is 5.60. The smallest absolute Gasteiger partial charge is 0.269 e. The number of carbonyl (C=O) groups excluding carboxylic acids is 1. The lowest BCUT2D eigenvalue weighted by atomic mass is 9.88. The Balaban J connectivity index is 1.25. The number of phenolic OH excluding ortho intramolecular Hbond substituents is 1. The average molecular weight is 415 g/mol. The predicted octanol–water partition coefficient (Wildman–Crippen LogP) is 2.08. The van der Waals surface area contributed by atoms with E-state index >= 15 is 0 Å². The van der Waals surface area contributed by atoms with Crippen LogP contribution >= 0.6 is 0 Å². The van der Waals surface area contributed by atoms with Gasteiger partial charge in [-0.25, -0.2) is 0 Å². The number of phenols is 1. The summed E-state index contributed by atoms with van der Waals surface area (Å²) in [6, 6.07) is 7.17. The van der Waals surface area contributed by atoms with Gasteiger partial charge in [0.2, 0.25) is 0 Å². The Labute approximate surface area is 176 Å². The van der Waals surface area contributed by atoms with E-state index in [1.54, 1.807) is 37.2 Å². The first-order valence-corrected chi connectivity index (χ1v) is 10.5. The molecule has 0 bridgehead atoms. The van der Waals surface area contributed by atoms with Crippen LogP contribution in [0, 0.1) is 0 Å². The minimum absolute atomic E-state index is 0.0550. The van der Waals surface area contributed by atoms with E-state index in [-0.39, 0.29) is 23.4 Å². The quantitative estimate of drug-likeness (QED) is 0.752. The largest absolute Gasteiger partial charge is 0.507 e. The standard InChI is InChI=1S/C22H30N4O4/c1-25-19(6-10-24-25)21(28)23-14-18-5-7-22(30-18)8-11-26(12-9-22)15-16-3-4-17(29-2)13-20(16)27/h3-4,6,10,13,18,27H,5,7-9,11-12,14-15H2,1-2H3,(H,23,28). The molecular weight excluding hydrogens is 384 g/mol. The number of nitrogens with zero attached hydrogens (tertiary/aromatic N) is 3. The van der Waals surface area contributed by atoms with Gasteiger partial charge in [0.15, 0.2) is 0 Å². The van der Waals surface area contributed by atoms with Crippen LogP contribution in [0.2, 0.25) is 0 Å². The minimum atomic E-state index is -0.117. The highest BCUT2D eigenvalue weighted by Gasteiger charge is 2.42. The van der Waals surface area contributed by atoms with Crippen LogP contribution in [0.1, 0.15) is 41.7 Å². The topological polar surface area (TPSA) is 88.9 Å². The summed E-state index contributed by atoms with van der Waals surface area (Å²) in [6.45, 7) is 3.10. The SMILES string of the molecule is COc1ccc(CN2CCC3(CCC(CNC(=O)c4ccnn4C)O3)CC2)c(O)c1. The molecule has 2 fully saturated rings. The number of hydrogen-bond donors (Lipinski definition) is 2. The summed E-state index contributed by atoms with van der Waals surface area (Å²) >= 11 is 0. The van der Waals surface area contributed by atoms with Crippen molar-refractivity contribution in [1.82, 2.24) is 20.0 Å². The van der Waals surface area contributed by atoms with E-state index < -0.39 is 0 Å². The van der Waals surface area contributed by atoms with Crippen molar-refractivity contribution in [1.29, 1.82) is 0 Å². The second kappa shape index (κ2) is 8.65. The second-order valence-corrected chi connectivity index (χ2v) is 8.28. The molecule has 2 saturated heterocycles. The highest BCUT2D eigenvalue weighted by atomic mass is 16.5. The van der Waals surface area contributed by atoms with Crippen LogP contribution in [0.5, 0.6) is 11.5 Å². The molecule has 1 aromatic carbocycles. The number of ether oxygens (including phenoxy) is 2. The van der Waals surface area contributed by atoms with Crippen LogP contribution in [0.4, 0.5) is 0 Å².